The third-order valence-electron chi connectivity index (χ3n) is 3.22. The maximum Gasteiger partial charge on any atom is 0.265 e. The Morgan fingerprint density at radius 1 is 1.14 bits per heavy atom. The standard InChI is InChI=1S/C17H17Cl2NO2/c1-10-8-13(9-11(2)16(10)19)22-12(3)17(21)20-15-7-5-4-6-14(15)18/h4-9,12H,1-3H3,(H,20,21). The van der Waals surface area contributed by atoms with Crippen LogP contribution in [-0.4, -0.2) is 12.0 Å². The number of hydrogen-bond acceptors (Lipinski definition) is 2. The molecule has 0 bridgehead atoms. The summed E-state index contributed by atoms with van der Waals surface area (Å²) in [6.45, 7) is 5.48. The topological polar surface area (TPSA) is 38.3 Å². The molecule has 0 radical (unpaired) electrons. The average molecular weight is 338 g/mol. The number of halogens is 2. The zero-order valence-electron chi connectivity index (χ0n) is 12.6. The van der Waals surface area contributed by atoms with Crippen LogP contribution < -0.4 is 10.1 Å². The van der Waals surface area contributed by atoms with Crippen molar-refractivity contribution in [1.82, 2.24) is 0 Å². The SMILES string of the molecule is Cc1cc(OC(C)C(=O)Nc2ccccc2Cl)cc(C)c1Cl. The molecule has 22 heavy (non-hydrogen) atoms. The molecule has 1 N–H and O–H groups in total. The molecule has 0 saturated heterocycles. The fourth-order valence-corrected chi connectivity index (χ4v) is 2.32. The van der Waals surface area contributed by atoms with Crippen LogP contribution in [0.15, 0.2) is 36.4 Å². The predicted molar refractivity (Wildman–Crippen MR) is 91.1 cm³/mol. The summed E-state index contributed by atoms with van der Waals surface area (Å²) in [5.74, 6) is 0.347. The van der Waals surface area contributed by atoms with Crippen molar-refractivity contribution in [3.63, 3.8) is 0 Å². The van der Waals surface area contributed by atoms with Crippen LogP contribution in [-0.2, 0) is 4.79 Å². The van der Waals surface area contributed by atoms with Gasteiger partial charge in [-0.05, 0) is 56.2 Å². The van der Waals surface area contributed by atoms with Crippen molar-refractivity contribution in [1.29, 1.82) is 0 Å². The third-order valence-corrected chi connectivity index (χ3v) is 4.15. The zero-order valence-corrected chi connectivity index (χ0v) is 14.1. The number of carbonyl (C=O) groups is 1. The van der Waals surface area contributed by atoms with E-state index in [4.69, 9.17) is 27.9 Å². The normalized spacial score (nSPS) is 11.9. The highest BCUT2D eigenvalue weighted by Crippen LogP contribution is 2.27. The Labute approximate surface area is 140 Å². The summed E-state index contributed by atoms with van der Waals surface area (Å²) in [5, 5.41) is 3.94. The lowest BCUT2D eigenvalue weighted by atomic mass is 10.1. The monoisotopic (exact) mass is 337 g/mol. The maximum atomic E-state index is 12.2. The number of rotatable bonds is 4. The summed E-state index contributed by atoms with van der Waals surface area (Å²) in [4.78, 5) is 12.2. The number of nitrogens with one attached hydrogen (secondary N) is 1. The number of aryl methyl sites for hydroxylation is 2. The molecule has 0 aliphatic heterocycles. The van der Waals surface area contributed by atoms with Crippen molar-refractivity contribution in [3.8, 4) is 5.75 Å². The summed E-state index contributed by atoms with van der Waals surface area (Å²) < 4.78 is 5.69. The van der Waals surface area contributed by atoms with Gasteiger partial charge in [-0.15, -0.1) is 0 Å². The van der Waals surface area contributed by atoms with Crippen molar-refractivity contribution < 1.29 is 9.53 Å². The van der Waals surface area contributed by atoms with Crippen LogP contribution in [0.1, 0.15) is 18.1 Å². The van der Waals surface area contributed by atoms with Gasteiger partial charge in [-0.3, -0.25) is 4.79 Å². The van der Waals surface area contributed by atoms with E-state index in [0.29, 0.717) is 21.5 Å². The summed E-state index contributed by atoms with van der Waals surface area (Å²) in [6, 6.07) is 10.7. The van der Waals surface area contributed by atoms with Gasteiger partial charge in [0.05, 0.1) is 10.7 Å². The van der Waals surface area contributed by atoms with Gasteiger partial charge in [0.25, 0.3) is 5.91 Å². The highest BCUT2D eigenvalue weighted by molar-refractivity contribution is 6.33. The number of hydrogen-bond donors (Lipinski definition) is 1. The van der Waals surface area contributed by atoms with Crippen molar-refractivity contribution in [2.24, 2.45) is 0 Å². The van der Waals surface area contributed by atoms with Crippen LogP contribution in [0.5, 0.6) is 5.75 Å². The van der Waals surface area contributed by atoms with Gasteiger partial charge in [0.15, 0.2) is 6.10 Å². The average Bonchev–Trinajstić information content (AvgIpc) is 2.47. The number of para-hydroxylation sites is 1. The summed E-state index contributed by atoms with van der Waals surface area (Å²) in [6.07, 6.45) is -0.656. The first-order valence-corrected chi connectivity index (χ1v) is 7.63. The summed E-state index contributed by atoms with van der Waals surface area (Å²) >= 11 is 12.1. The van der Waals surface area contributed by atoms with Crippen LogP contribution >= 0.6 is 23.2 Å². The molecule has 0 aromatic heterocycles. The van der Waals surface area contributed by atoms with Gasteiger partial charge in [-0.2, -0.15) is 0 Å². The van der Waals surface area contributed by atoms with E-state index in [-0.39, 0.29) is 5.91 Å². The molecule has 0 fully saturated rings. The zero-order chi connectivity index (χ0) is 16.3. The van der Waals surface area contributed by atoms with Gasteiger partial charge in [0.1, 0.15) is 5.75 Å². The molecule has 3 nitrogen and oxygen atoms in total. The Hall–Kier alpha value is -1.71. The van der Waals surface area contributed by atoms with E-state index < -0.39 is 6.10 Å². The molecule has 1 unspecified atom stereocenters. The van der Waals surface area contributed by atoms with Gasteiger partial charge in [0, 0.05) is 5.02 Å². The minimum absolute atomic E-state index is 0.265. The number of carbonyl (C=O) groups excluding carboxylic acids is 1. The second-order valence-electron chi connectivity index (χ2n) is 5.10. The first-order chi connectivity index (χ1) is 10.4. The second-order valence-corrected chi connectivity index (χ2v) is 5.89. The molecule has 2 aromatic carbocycles. The van der Waals surface area contributed by atoms with E-state index in [1.54, 1.807) is 31.2 Å². The van der Waals surface area contributed by atoms with Gasteiger partial charge in [-0.1, -0.05) is 35.3 Å². The van der Waals surface area contributed by atoms with Gasteiger partial charge in [-0.25, -0.2) is 0 Å². The molecule has 0 heterocycles. The summed E-state index contributed by atoms with van der Waals surface area (Å²) in [7, 11) is 0. The van der Waals surface area contributed by atoms with E-state index in [9.17, 15) is 4.79 Å². The molecule has 0 aliphatic rings. The van der Waals surface area contributed by atoms with E-state index >= 15 is 0 Å². The molecular formula is C17H17Cl2NO2. The smallest absolute Gasteiger partial charge is 0.265 e. The molecule has 0 saturated carbocycles. The number of anilines is 1. The van der Waals surface area contributed by atoms with E-state index in [1.165, 1.54) is 0 Å². The van der Waals surface area contributed by atoms with Crippen LogP contribution in [0.2, 0.25) is 10.0 Å². The Morgan fingerprint density at radius 3 is 2.32 bits per heavy atom. The maximum absolute atomic E-state index is 12.2. The fraction of sp³-hybridized carbons (Fsp3) is 0.235. The highest BCUT2D eigenvalue weighted by atomic mass is 35.5. The molecule has 1 amide bonds. The van der Waals surface area contributed by atoms with Gasteiger partial charge < -0.3 is 10.1 Å². The Kier molecular flexibility index (Phi) is 5.33. The van der Waals surface area contributed by atoms with Crippen LogP contribution in [0.25, 0.3) is 0 Å². The second kappa shape index (κ2) is 7.03. The molecule has 2 aromatic rings. The lowest BCUT2D eigenvalue weighted by Gasteiger charge is -2.16. The van der Waals surface area contributed by atoms with Crippen LogP contribution in [0.4, 0.5) is 5.69 Å². The quantitative estimate of drug-likeness (QED) is 0.850. The van der Waals surface area contributed by atoms with Crippen molar-refractivity contribution >= 4 is 34.8 Å². The Bertz CT molecular complexity index is 678. The van der Waals surface area contributed by atoms with Crippen LogP contribution in [0.3, 0.4) is 0 Å². The largest absolute Gasteiger partial charge is 0.481 e. The molecule has 5 heteroatoms. The Balaban J connectivity index is 2.07. The number of amides is 1. The lowest BCUT2D eigenvalue weighted by molar-refractivity contribution is -0.122. The highest BCUT2D eigenvalue weighted by Gasteiger charge is 2.16. The van der Waals surface area contributed by atoms with Crippen molar-refractivity contribution in [2.75, 3.05) is 5.32 Å². The van der Waals surface area contributed by atoms with E-state index in [1.807, 2.05) is 26.0 Å². The minimum Gasteiger partial charge on any atom is -0.481 e. The molecule has 2 rings (SSSR count). The summed E-state index contributed by atoms with van der Waals surface area (Å²) in [5.41, 5.74) is 2.39. The van der Waals surface area contributed by atoms with Crippen molar-refractivity contribution in [2.45, 2.75) is 26.9 Å². The number of ether oxygens (including phenoxy) is 1. The predicted octanol–water partition coefficient (Wildman–Crippen LogP) is 5.02. The van der Waals surface area contributed by atoms with Crippen molar-refractivity contribution in [3.05, 3.63) is 57.6 Å². The molecule has 0 aliphatic carbocycles. The minimum atomic E-state index is -0.656. The van der Waals surface area contributed by atoms with Crippen LogP contribution in [0, 0.1) is 13.8 Å². The van der Waals surface area contributed by atoms with Gasteiger partial charge >= 0.3 is 0 Å². The van der Waals surface area contributed by atoms with Gasteiger partial charge in [0.2, 0.25) is 0 Å². The number of benzene rings is 2. The fourth-order valence-electron chi connectivity index (χ4n) is 2.03. The lowest BCUT2D eigenvalue weighted by Crippen LogP contribution is -2.30. The first kappa shape index (κ1) is 16.7. The van der Waals surface area contributed by atoms with E-state index in [0.717, 1.165) is 11.1 Å². The first-order valence-electron chi connectivity index (χ1n) is 6.87. The molecule has 116 valence electrons. The van der Waals surface area contributed by atoms with E-state index in [2.05, 4.69) is 5.32 Å². The third kappa shape index (κ3) is 3.93. The molecule has 1 atom stereocenters. The molecular weight excluding hydrogens is 321 g/mol. The molecule has 0 spiro atoms. The Morgan fingerprint density at radius 2 is 1.73 bits per heavy atom.